The zero-order valence-electron chi connectivity index (χ0n) is 7.38. The molecule has 0 atom stereocenters. The quantitative estimate of drug-likeness (QED) is 0.690. The van der Waals surface area contributed by atoms with E-state index in [1.807, 2.05) is 0 Å². The smallest absolute Gasteiger partial charge is 0.308 e. The van der Waals surface area contributed by atoms with Crippen molar-refractivity contribution in [3.05, 3.63) is 16.0 Å². The zero-order valence-corrected chi connectivity index (χ0v) is 7.38. The molecular formula is C7H12N2O3. The first-order valence-corrected chi connectivity index (χ1v) is 3.51. The summed E-state index contributed by atoms with van der Waals surface area (Å²) in [5.74, 6) is 0.319. The lowest BCUT2D eigenvalue weighted by atomic mass is 10.4. The molecule has 12 heavy (non-hydrogen) atoms. The van der Waals surface area contributed by atoms with Crippen molar-refractivity contribution in [2.24, 2.45) is 7.05 Å². The summed E-state index contributed by atoms with van der Waals surface area (Å²) in [6.45, 7) is 0.346. The first kappa shape index (κ1) is 8.86. The van der Waals surface area contributed by atoms with Crippen LogP contribution in [0.4, 0.5) is 0 Å². The molecule has 0 saturated carbocycles. The van der Waals surface area contributed by atoms with Crippen molar-refractivity contribution in [3.8, 4) is 5.75 Å². The van der Waals surface area contributed by atoms with Crippen molar-refractivity contribution in [2.75, 3.05) is 14.2 Å². The average Bonchev–Trinajstić information content (AvgIpc) is 2.29. The summed E-state index contributed by atoms with van der Waals surface area (Å²) < 4.78 is 11.1. The largest absolute Gasteiger partial charge is 0.490 e. The van der Waals surface area contributed by atoms with Gasteiger partial charge in [-0.25, -0.2) is 0 Å². The van der Waals surface area contributed by atoms with Crippen molar-refractivity contribution in [1.82, 2.24) is 9.78 Å². The van der Waals surface area contributed by atoms with Crippen LogP contribution in [0.5, 0.6) is 5.75 Å². The van der Waals surface area contributed by atoms with Gasteiger partial charge >= 0.3 is 5.56 Å². The molecule has 1 aromatic rings. The predicted octanol–water partition coefficient (Wildman–Crippen LogP) is -0.132. The molecule has 1 aromatic heterocycles. The molecule has 0 spiro atoms. The maximum atomic E-state index is 11.2. The van der Waals surface area contributed by atoms with E-state index < -0.39 is 0 Å². The Balaban J connectivity index is 3.11. The Hall–Kier alpha value is -1.23. The van der Waals surface area contributed by atoms with Gasteiger partial charge in [-0.1, -0.05) is 0 Å². The standard InChI is InChI=1S/C7H12N2O3/c1-9-7(10)6(12-3)5(8-9)4-11-2/h8H,4H2,1-3H3. The number of nitrogens with zero attached hydrogens (tertiary/aromatic N) is 1. The van der Waals surface area contributed by atoms with E-state index in [0.29, 0.717) is 18.1 Å². The molecule has 1 N–H and O–H groups in total. The Kier molecular flexibility index (Phi) is 2.54. The second kappa shape index (κ2) is 3.44. The van der Waals surface area contributed by atoms with E-state index in [2.05, 4.69) is 5.10 Å². The second-order valence-electron chi connectivity index (χ2n) is 2.42. The Bertz CT molecular complexity index is 313. The molecule has 1 heterocycles. The molecule has 0 fully saturated rings. The highest BCUT2D eigenvalue weighted by Crippen LogP contribution is 2.09. The normalized spacial score (nSPS) is 10.2. The number of aromatic amines is 1. The molecule has 0 amide bonds. The summed E-state index contributed by atoms with van der Waals surface area (Å²) in [4.78, 5) is 11.2. The molecule has 0 aliphatic carbocycles. The highest BCUT2D eigenvalue weighted by molar-refractivity contribution is 5.23. The highest BCUT2D eigenvalue weighted by atomic mass is 16.5. The monoisotopic (exact) mass is 172 g/mol. The van der Waals surface area contributed by atoms with Crippen LogP contribution in [0.2, 0.25) is 0 Å². The highest BCUT2D eigenvalue weighted by Gasteiger charge is 2.11. The maximum absolute atomic E-state index is 11.2. The SMILES string of the molecule is COCc1[nH]n(C)c(=O)c1OC. The Morgan fingerprint density at radius 1 is 1.50 bits per heavy atom. The van der Waals surface area contributed by atoms with Crippen molar-refractivity contribution >= 4 is 0 Å². The molecule has 0 aliphatic heterocycles. The Morgan fingerprint density at radius 3 is 2.67 bits per heavy atom. The van der Waals surface area contributed by atoms with Crippen LogP contribution >= 0.6 is 0 Å². The summed E-state index contributed by atoms with van der Waals surface area (Å²) in [7, 11) is 4.65. The summed E-state index contributed by atoms with van der Waals surface area (Å²) >= 11 is 0. The molecule has 0 aliphatic rings. The number of methoxy groups -OCH3 is 2. The lowest BCUT2D eigenvalue weighted by molar-refractivity contribution is 0.178. The van der Waals surface area contributed by atoms with Gasteiger partial charge in [0.15, 0.2) is 0 Å². The third-order valence-electron chi connectivity index (χ3n) is 1.57. The molecule has 68 valence electrons. The minimum Gasteiger partial charge on any atom is -0.490 e. The van der Waals surface area contributed by atoms with Crippen molar-refractivity contribution < 1.29 is 9.47 Å². The third kappa shape index (κ3) is 1.35. The minimum absolute atomic E-state index is 0.176. The van der Waals surface area contributed by atoms with Gasteiger partial charge in [-0.15, -0.1) is 0 Å². The van der Waals surface area contributed by atoms with E-state index in [4.69, 9.17) is 9.47 Å². The van der Waals surface area contributed by atoms with E-state index in [9.17, 15) is 4.79 Å². The molecule has 0 aromatic carbocycles. The van der Waals surface area contributed by atoms with E-state index in [0.717, 1.165) is 0 Å². The fraction of sp³-hybridized carbons (Fsp3) is 0.571. The number of ether oxygens (including phenoxy) is 2. The third-order valence-corrected chi connectivity index (χ3v) is 1.57. The van der Waals surface area contributed by atoms with E-state index in [-0.39, 0.29) is 5.56 Å². The predicted molar refractivity (Wildman–Crippen MR) is 43.3 cm³/mol. The number of nitrogens with one attached hydrogen (secondary N) is 1. The van der Waals surface area contributed by atoms with Crippen LogP contribution in [0.3, 0.4) is 0 Å². The molecule has 0 radical (unpaired) electrons. The molecule has 5 nitrogen and oxygen atoms in total. The van der Waals surface area contributed by atoms with Crippen molar-refractivity contribution in [1.29, 1.82) is 0 Å². The second-order valence-corrected chi connectivity index (χ2v) is 2.42. The van der Waals surface area contributed by atoms with Gasteiger partial charge in [-0.2, -0.15) is 0 Å². The van der Waals surface area contributed by atoms with Crippen molar-refractivity contribution in [2.45, 2.75) is 6.61 Å². The number of hydrogen-bond acceptors (Lipinski definition) is 3. The van der Waals surface area contributed by atoms with Crippen LogP contribution in [0.1, 0.15) is 5.69 Å². The van der Waals surface area contributed by atoms with E-state index in [1.165, 1.54) is 11.8 Å². The minimum atomic E-state index is -0.176. The van der Waals surface area contributed by atoms with Gasteiger partial charge in [-0.05, 0) is 0 Å². The molecule has 0 unspecified atom stereocenters. The first-order chi connectivity index (χ1) is 5.70. The molecule has 5 heteroatoms. The molecular weight excluding hydrogens is 160 g/mol. The van der Waals surface area contributed by atoms with Crippen LogP contribution in [0.15, 0.2) is 4.79 Å². The Labute approximate surface area is 69.9 Å². The molecule has 1 rings (SSSR count). The molecule has 0 bridgehead atoms. The maximum Gasteiger partial charge on any atom is 0.308 e. The van der Waals surface area contributed by atoms with E-state index in [1.54, 1.807) is 14.2 Å². The van der Waals surface area contributed by atoms with Gasteiger partial charge in [0.1, 0.15) is 5.69 Å². The fourth-order valence-corrected chi connectivity index (χ4v) is 1.04. The topological polar surface area (TPSA) is 56.2 Å². The lowest BCUT2D eigenvalue weighted by Gasteiger charge is -1.97. The van der Waals surface area contributed by atoms with Crippen LogP contribution in [0, 0.1) is 0 Å². The number of aryl methyl sites for hydroxylation is 1. The van der Waals surface area contributed by atoms with Crippen molar-refractivity contribution in [3.63, 3.8) is 0 Å². The van der Waals surface area contributed by atoms with E-state index >= 15 is 0 Å². The first-order valence-electron chi connectivity index (χ1n) is 3.51. The number of H-pyrrole nitrogens is 1. The number of hydrogen-bond donors (Lipinski definition) is 1. The number of aromatic nitrogens is 2. The van der Waals surface area contributed by atoms with Crippen LogP contribution in [0.25, 0.3) is 0 Å². The molecule has 0 saturated heterocycles. The van der Waals surface area contributed by atoms with Gasteiger partial charge in [0.2, 0.25) is 5.75 Å². The van der Waals surface area contributed by atoms with Gasteiger partial charge in [-0.3, -0.25) is 14.6 Å². The van der Waals surface area contributed by atoms with Gasteiger partial charge in [0.25, 0.3) is 0 Å². The van der Waals surface area contributed by atoms with Crippen LogP contribution in [-0.4, -0.2) is 24.0 Å². The fourth-order valence-electron chi connectivity index (χ4n) is 1.04. The van der Waals surface area contributed by atoms with Gasteiger partial charge in [0.05, 0.1) is 13.7 Å². The zero-order chi connectivity index (χ0) is 9.14. The summed E-state index contributed by atoms with van der Waals surface area (Å²) in [5.41, 5.74) is 0.483. The van der Waals surface area contributed by atoms with Crippen LogP contribution in [-0.2, 0) is 18.4 Å². The lowest BCUT2D eigenvalue weighted by Crippen LogP contribution is -2.12. The van der Waals surface area contributed by atoms with Crippen LogP contribution < -0.4 is 10.3 Å². The Morgan fingerprint density at radius 2 is 2.17 bits per heavy atom. The van der Waals surface area contributed by atoms with Gasteiger partial charge < -0.3 is 9.47 Å². The summed E-state index contributed by atoms with van der Waals surface area (Å²) in [6.07, 6.45) is 0. The summed E-state index contributed by atoms with van der Waals surface area (Å²) in [5, 5.41) is 2.82. The average molecular weight is 172 g/mol. The van der Waals surface area contributed by atoms with Gasteiger partial charge in [0, 0.05) is 14.2 Å². The number of rotatable bonds is 3. The summed E-state index contributed by atoms with van der Waals surface area (Å²) in [6, 6.07) is 0.